The third-order valence-corrected chi connectivity index (χ3v) is 6.86. The van der Waals surface area contributed by atoms with Crippen molar-refractivity contribution in [1.82, 2.24) is 9.47 Å². The highest BCUT2D eigenvalue weighted by atomic mass is 16.1. The average molecular weight is 322 g/mol. The number of allylic oxidation sites excluding steroid dienone is 2. The molecule has 3 heteroatoms. The summed E-state index contributed by atoms with van der Waals surface area (Å²) in [5.74, 6) is 0. The van der Waals surface area contributed by atoms with Gasteiger partial charge in [0.1, 0.15) is 0 Å². The molecule has 0 N–H and O–H groups in total. The van der Waals surface area contributed by atoms with Crippen LogP contribution in [0.3, 0.4) is 0 Å². The second-order valence-corrected chi connectivity index (χ2v) is 8.09. The first-order valence-corrected chi connectivity index (χ1v) is 9.57. The number of fused-ring (bicyclic) bond motifs is 2. The van der Waals surface area contributed by atoms with Gasteiger partial charge in [-0.15, -0.1) is 0 Å². The maximum Gasteiger partial charge on any atom is 0.258 e. The molecular weight excluding hydrogens is 296 g/mol. The van der Waals surface area contributed by atoms with Crippen molar-refractivity contribution in [2.75, 3.05) is 7.05 Å². The monoisotopic (exact) mass is 322 g/mol. The molecule has 2 bridgehead atoms. The van der Waals surface area contributed by atoms with Crippen LogP contribution in [-0.2, 0) is 6.42 Å². The van der Waals surface area contributed by atoms with E-state index in [1.165, 1.54) is 35.6 Å². The lowest BCUT2D eigenvalue weighted by Crippen LogP contribution is -2.51. The Hall–Kier alpha value is -1.61. The van der Waals surface area contributed by atoms with Crippen molar-refractivity contribution >= 4 is 11.6 Å². The van der Waals surface area contributed by atoms with Crippen molar-refractivity contribution in [2.24, 2.45) is 0 Å². The summed E-state index contributed by atoms with van der Waals surface area (Å²) in [5.41, 5.74) is 3.13. The van der Waals surface area contributed by atoms with Crippen molar-refractivity contribution in [2.45, 2.75) is 69.5 Å². The van der Waals surface area contributed by atoms with Gasteiger partial charge in [-0.05, 0) is 75.3 Å². The second-order valence-electron chi connectivity index (χ2n) is 8.09. The zero-order valence-corrected chi connectivity index (χ0v) is 14.5. The Morgan fingerprint density at radius 1 is 1.08 bits per heavy atom. The molecule has 0 radical (unpaired) electrons. The highest BCUT2D eigenvalue weighted by Crippen LogP contribution is 2.39. The fraction of sp³-hybridized carbons (Fsp3) is 0.571. The van der Waals surface area contributed by atoms with Gasteiger partial charge in [0, 0.05) is 29.5 Å². The average Bonchev–Trinajstić information content (AvgIpc) is 2.80. The van der Waals surface area contributed by atoms with Gasteiger partial charge in [-0.3, -0.25) is 4.79 Å². The van der Waals surface area contributed by atoms with Crippen molar-refractivity contribution in [3.63, 3.8) is 0 Å². The predicted molar refractivity (Wildman–Crippen MR) is 97.4 cm³/mol. The van der Waals surface area contributed by atoms with Crippen LogP contribution in [0.1, 0.15) is 56.6 Å². The molecule has 2 fully saturated rings. The Kier molecular flexibility index (Phi) is 3.34. The van der Waals surface area contributed by atoms with Gasteiger partial charge in [0.05, 0.1) is 0 Å². The normalized spacial score (nSPS) is 31.5. The summed E-state index contributed by atoms with van der Waals surface area (Å²) in [6.45, 7) is 0. The first-order chi connectivity index (χ1) is 11.7. The van der Waals surface area contributed by atoms with E-state index in [4.69, 9.17) is 0 Å². The largest absolute Gasteiger partial charge is 0.312 e. The molecule has 1 aromatic heterocycles. The van der Waals surface area contributed by atoms with Crippen LogP contribution in [0.15, 0.2) is 23.1 Å². The molecule has 126 valence electrons. The van der Waals surface area contributed by atoms with E-state index in [9.17, 15) is 4.79 Å². The van der Waals surface area contributed by atoms with E-state index in [2.05, 4.69) is 40.9 Å². The smallest absolute Gasteiger partial charge is 0.258 e. The molecule has 2 saturated heterocycles. The maximum absolute atomic E-state index is 13.3. The minimum atomic E-state index is 0.244. The van der Waals surface area contributed by atoms with Gasteiger partial charge in [0.25, 0.3) is 5.56 Å². The van der Waals surface area contributed by atoms with E-state index >= 15 is 0 Å². The predicted octanol–water partition coefficient (Wildman–Crippen LogP) is 1.87. The second kappa shape index (κ2) is 5.45. The van der Waals surface area contributed by atoms with Crippen LogP contribution in [-0.4, -0.2) is 28.6 Å². The molecule has 0 amide bonds. The number of hydrogen-bond acceptors (Lipinski definition) is 2. The van der Waals surface area contributed by atoms with Gasteiger partial charge in [0.15, 0.2) is 0 Å². The minimum Gasteiger partial charge on any atom is -0.312 e. The van der Waals surface area contributed by atoms with Crippen molar-refractivity contribution in [3.8, 4) is 0 Å². The quantitative estimate of drug-likeness (QED) is 0.789. The Bertz CT molecular complexity index is 878. The maximum atomic E-state index is 13.3. The lowest BCUT2D eigenvalue weighted by atomic mass is 9.91. The lowest BCUT2D eigenvalue weighted by molar-refractivity contribution is 0.135. The molecular formula is C21H26N2O. The van der Waals surface area contributed by atoms with Crippen LogP contribution in [0.25, 0.3) is 11.6 Å². The Morgan fingerprint density at radius 3 is 2.67 bits per heavy atom. The van der Waals surface area contributed by atoms with E-state index in [1.807, 2.05) is 0 Å². The molecule has 5 rings (SSSR count). The standard InChI is InChI=1S/C21H26N2O/c1-22-16-9-10-17(22)12-18(11-16)23-13-15-7-4-6-14-5-2-3-8-19(20(14)15)21(23)24/h2-3,8,13,16-18H,4-7,9-12H2,1H3. The summed E-state index contributed by atoms with van der Waals surface area (Å²) in [7, 11) is 2.27. The molecule has 0 spiro atoms. The zero-order chi connectivity index (χ0) is 16.3. The van der Waals surface area contributed by atoms with E-state index in [0.29, 0.717) is 18.1 Å². The summed E-state index contributed by atoms with van der Waals surface area (Å²) >= 11 is 0. The number of pyridine rings is 1. The van der Waals surface area contributed by atoms with E-state index in [0.717, 1.165) is 37.3 Å². The van der Waals surface area contributed by atoms with E-state index in [-0.39, 0.29) is 5.56 Å². The van der Waals surface area contributed by atoms with E-state index in [1.54, 1.807) is 0 Å². The molecule has 1 aromatic rings. The van der Waals surface area contributed by atoms with Gasteiger partial charge in [-0.2, -0.15) is 0 Å². The number of aryl methyl sites for hydroxylation is 1. The number of hydrogen-bond donors (Lipinski definition) is 0. The number of aromatic nitrogens is 1. The summed E-state index contributed by atoms with van der Waals surface area (Å²) in [6.07, 6.45) is 18.0. The molecule has 3 nitrogen and oxygen atoms in total. The Balaban J connectivity index is 1.69. The molecule has 0 aromatic carbocycles. The van der Waals surface area contributed by atoms with E-state index < -0.39 is 0 Å². The summed E-state index contributed by atoms with van der Waals surface area (Å²) in [4.78, 5) is 15.8. The number of rotatable bonds is 1. The molecule has 0 saturated carbocycles. The van der Waals surface area contributed by atoms with Gasteiger partial charge in [-0.1, -0.05) is 17.7 Å². The fourth-order valence-corrected chi connectivity index (χ4v) is 5.55. The van der Waals surface area contributed by atoms with Crippen molar-refractivity contribution in [1.29, 1.82) is 0 Å². The molecule has 3 heterocycles. The molecule has 2 aliphatic heterocycles. The van der Waals surface area contributed by atoms with Crippen LogP contribution in [0.4, 0.5) is 0 Å². The van der Waals surface area contributed by atoms with Crippen LogP contribution in [0, 0.1) is 0 Å². The molecule has 2 atom stereocenters. The van der Waals surface area contributed by atoms with Crippen molar-refractivity contribution < 1.29 is 0 Å². The van der Waals surface area contributed by atoms with Crippen LogP contribution in [0.5, 0.6) is 0 Å². The topological polar surface area (TPSA) is 25.2 Å². The molecule has 24 heavy (non-hydrogen) atoms. The summed E-state index contributed by atoms with van der Waals surface area (Å²) < 4.78 is 2.12. The third-order valence-electron chi connectivity index (χ3n) is 6.86. The van der Waals surface area contributed by atoms with Crippen LogP contribution in [0.2, 0.25) is 0 Å². The Labute approximate surface area is 143 Å². The van der Waals surface area contributed by atoms with Gasteiger partial charge < -0.3 is 9.47 Å². The SMILES string of the molecule is CN1C2CCC1CC(n1cc3c4c(c1=O)=CC=CCC=4CCC3)C2. The lowest BCUT2D eigenvalue weighted by Gasteiger charge is -2.37. The number of piperidine rings is 1. The first-order valence-electron chi connectivity index (χ1n) is 9.57. The highest BCUT2D eigenvalue weighted by molar-refractivity contribution is 5.56. The number of nitrogens with zero attached hydrogens (tertiary/aromatic N) is 2. The van der Waals surface area contributed by atoms with Crippen LogP contribution < -0.4 is 16.0 Å². The van der Waals surface area contributed by atoms with Crippen LogP contribution >= 0.6 is 0 Å². The Morgan fingerprint density at radius 2 is 1.88 bits per heavy atom. The molecule has 2 unspecified atom stereocenters. The van der Waals surface area contributed by atoms with Crippen molar-refractivity contribution in [3.05, 3.63) is 44.7 Å². The molecule has 4 aliphatic rings. The summed E-state index contributed by atoms with van der Waals surface area (Å²) in [5, 5.41) is 2.26. The van der Waals surface area contributed by atoms with Gasteiger partial charge in [0.2, 0.25) is 0 Å². The van der Waals surface area contributed by atoms with Gasteiger partial charge in [-0.25, -0.2) is 0 Å². The fourth-order valence-electron chi connectivity index (χ4n) is 5.55. The zero-order valence-electron chi connectivity index (χ0n) is 14.5. The third kappa shape index (κ3) is 2.10. The first kappa shape index (κ1) is 14.7. The molecule has 2 aliphatic carbocycles. The van der Waals surface area contributed by atoms with Gasteiger partial charge >= 0.3 is 0 Å². The highest BCUT2D eigenvalue weighted by Gasteiger charge is 2.39. The minimum absolute atomic E-state index is 0.244. The summed E-state index contributed by atoms with van der Waals surface area (Å²) in [6, 6.07) is 1.72.